The summed E-state index contributed by atoms with van der Waals surface area (Å²) in [7, 11) is 1.31. The Labute approximate surface area is 280 Å². The van der Waals surface area contributed by atoms with Gasteiger partial charge in [-0.15, -0.1) is 0 Å². The minimum Gasteiger partial charge on any atom is -0.489 e. The number of benzene rings is 3. The van der Waals surface area contributed by atoms with Crippen LogP contribution in [0.1, 0.15) is 46.5 Å². The zero-order valence-electron chi connectivity index (χ0n) is 25.4. The van der Waals surface area contributed by atoms with Gasteiger partial charge in [-0.3, -0.25) is 4.79 Å². The molecule has 244 valence electrons. The molecule has 2 amide bonds. The van der Waals surface area contributed by atoms with Gasteiger partial charge in [0.2, 0.25) is 0 Å². The first-order valence-electron chi connectivity index (χ1n) is 14.2. The van der Waals surface area contributed by atoms with Crippen molar-refractivity contribution in [2.75, 3.05) is 12.0 Å². The van der Waals surface area contributed by atoms with Crippen molar-refractivity contribution >= 4 is 58.5 Å². The molecule has 1 aliphatic heterocycles. The lowest BCUT2D eigenvalue weighted by molar-refractivity contribution is -0.147. The van der Waals surface area contributed by atoms with Crippen LogP contribution in [0.5, 0.6) is 23.0 Å². The van der Waals surface area contributed by atoms with Crippen LogP contribution in [0, 0.1) is 5.82 Å². The maximum absolute atomic E-state index is 14.3. The summed E-state index contributed by atoms with van der Waals surface area (Å²) in [6, 6.07) is 14.1. The van der Waals surface area contributed by atoms with Crippen molar-refractivity contribution in [3.63, 3.8) is 0 Å². The van der Waals surface area contributed by atoms with Gasteiger partial charge >= 0.3 is 18.0 Å². The largest absolute Gasteiger partial charge is 0.489 e. The van der Waals surface area contributed by atoms with E-state index in [1.54, 1.807) is 63.2 Å². The molecule has 2 fully saturated rings. The molecule has 1 saturated heterocycles. The van der Waals surface area contributed by atoms with E-state index in [2.05, 4.69) is 4.74 Å². The van der Waals surface area contributed by atoms with Gasteiger partial charge in [0, 0.05) is 11.1 Å². The lowest BCUT2D eigenvalue weighted by Crippen LogP contribution is -2.29. The monoisotopic (exact) mass is 693 g/mol. The summed E-state index contributed by atoms with van der Waals surface area (Å²) in [6.45, 7) is 4.89. The van der Waals surface area contributed by atoms with E-state index >= 15 is 0 Å². The number of anilines is 1. The van der Waals surface area contributed by atoms with Crippen molar-refractivity contribution in [3.05, 3.63) is 86.8 Å². The predicted molar refractivity (Wildman–Crippen MR) is 172 cm³/mol. The number of nitrogens with zero attached hydrogens (tertiary/aromatic N) is 1. The third-order valence-corrected chi connectivity index (χ3v) is 7.68. The molecule has 3 aromatic carbocycles. The number of hydrogen-bond donors (Lipinski definition) is 0. The number of halogens is 4. The van der Waals surface area contributed by atoms with Gasteiger partial charge in [-0.2, -0.15) is 0 Å². The Balaban J connectivity index is 0.000000210. The molecule has 0 radical (unpaired) electrons. The molecule has 0 N–H and O–H groups in total. The number of imide groups is 1. The zero-order valence-corrected chi connectivity index (χ0v) is 27.7. The van der Waals surface area contributed by atoms with Gasteiger partial charge in [-0.1, -0.05) is 34.8 Å². The van der Waals surface area contributed by atoms with Crippen molar-refractivity contribution in [1.82, 2.24) is 0 Å². The summed E-state index contributed by atoms with van der Waals surface area (Å²) in [4.78, 5) is 36.3. The molecular formula is C33H31Cl3FNO8. The minimum atomic E-state index is -0.941. The lowest BCUT2D eigenvalue weighted by atomic mass is 10.2. The molecule has 5 rings (SSSR count). The van der Waals surface area contributed by atoms with E-state index in [0.29, 0.717) is 37.8 Å². The maximum atomic E-state index is 14.3. The van der Waals surface area contributed by atoms with Crippen molar-refractivity contribution in [1.29, 1.82) is 0 Å². The summed E-state index contributed by atoms with van der Waals surface area (Å²) in [5.41, 5.74) is 0.311. The fraction of sp³-hybridized carbons (Fsp3) is 0.303. The van der Waals surface area contributed by atoms with E-state index in [4.69, 9.17) is 53.8 Å². The number of esters is 1. The Bertz CT molecular complexity index is 1640. The highest BCUT2D eigenvalue weighted by molar-refractivity contribution is 6.35. The molecule has 46 heavy (non-hydrogen) atoms. The first-order chi connectivity index (χ1) is 21.9. The molecule has 3 aromatic rings. The average molecular weight is 695 g/mol. The van der Waals surface area contributed by atoms with Gasteiger partial charge in [-0.05, 0) is 101 Å². The second-order valence-corrected chi connectivity index (χ2v) is 11.8. The van der Waals surface area contributed by atoms with Crippen LogP contribution < -0.4 is 19.1 Å². The molecule has 0 bridgehead atoms. The van der Waals surface area contributed by atoms with Crippen molar-refractivity contribution < 1.29 is 42.5 Å². The summed E-state index contributed by atoms with van der Waals surface area (Å²) in [6.07, 6.45) is 2.32. The van der Waals surface area contributed by atoms with Crippen LogP contribution in [0.15, 0.2) is 65.9 Å². The molecule has 1 unspecified atom stereocenters. The molecule has 1 aliphatic carbocycles. The Kier molecular flexibility index (Phi) is 11.8. The second kappa shape index (κ2) is 15.5. The van der Waals surface area contributed by atoms with E-state index in [9.17, 15) is 18.8 Å². The average Bonchev–Trinajstić information content (AvgIpc) is 3.64. The molecule has 13 heteroatoms. The highest BCUT2D eigenvalue weighted by Crippen LogP contribution is 2.38. The quantitative estimate of drug-likeness (QED) is 0.170. The van der Waals surface area contributed by atoms with Crippen molar-refractivity contribution in [2.45, 2.75) is 58.7 Å². The number of amides is 2. The summed E-state index contributed by atoms with van der Waals surface area (Å²) in [5, 5.41) is 1.07. The summed E-state index contributed by atoms with van der Waals surface area (Å²) in [5.74, 6) is -0.142. The van der Waals surface area contributed by atoms with Crippen molar-refractivity contribution in [3.8, 4) is 23.0 Å². The topological polar surface area (TPSA) is 101 Å². The third kappa shape index (κ3) is 8.63. The minimum absolute atomic E-state index is 0.00962. The van der Waals surface area contributed by atoms with Crippen molar-refractivity contribution in [2.24, 2.45) is 0 Å². The number of hydrogen-bond acceptors (Lipinski definition) is 8. The molecule has 0 spiro atoms. The molecule has 1 atom stereocenters. The van der Waals surface area contributed by atoms with E-state index < -0.39 is 29.9 Å². The number of allylic oxidation sites excluding steroid dienone is 1. The number of carbonyl (C=O) groups is 3. The number of ether oxygens (including phenoxy) is 5. The number of methoxy groups -OCH3 is 1. The predicted octanol–water partition coefficient (Wildman–Crippen LogP) is 9.30. The van der Waals surface area contributed by atoms with Crippen LogP contribution in [0.4, 0.5) is 14.9 Å². The number of cyclic esters (lactones) is 1. The van der Waals surface area contributed by atoms with Crippen LogP contribution >= 0.6 is 34.8 Å². The van der Waals surface area contributed by atoms with Crippen LogP contribution in [0.25, 0.3) is 0 Å². The zero-order chi connectivity index (χ0) is 33.5. The Hall–Kier alpha value is -3.99. The molecule has 1 heterocycles. The molecular weight excluding hydrogens is 664 g/mol. The van der Waals surface area contributed by atoms with E-state index in [-0.39, 0.29) is 28.3 Å². The normalized spacial score (nSPS) is 15.1. The van der Waals surface area contributed by atoms with Gasteiger partial charge in [0.1, 0.15) is 28.8 Å². The highest BCUT2D eigenvalue weighted by Gasteiger charge is 2.40. The Morgan fingerprint density at radius 3 is 2.15 bits per heavy atom. The first kappa shape index (κ1) is 34.9. The van der Waals surface area contributed by atoms with Gasteiger partial charge in [0.05, 0.1) is 28.9 Å². The van der Waals surface area contributed by atoms with Gasteiger partial charge in [-0.25, -0.2) is 18.9 Å². The Morgan fingerprint density at radius 1 is 0.935 bits per heavy atom. The second-order valence-electron chi connectivity index (χ2n) is 10.5. The smallest absolute Gasteiger partial charge is 0.427 e. The molecule has 2 aliphatic rings. The van der Waals surface area contributed by atoms with Gasteiger partial charge in [0.15, 0.2) is 11.9 Å². The SMILES string of the molecule is CC(C)=C1OC(=O)N(c2cc(OC3CCCC3)c(Cl)cc2F)C1=O.COC(=O)C(C)Oc1ccc(Oc2ccc(Cl)cc2Cl)cc1. The van der Waals surface area contributed by atoms with Crippen LogP contribution in [0.3, 0.4) is 0 Å². The fourth-order valence-electron chi connectivity index (χ4n) is 4.54. The highest BCUT2D eigenvalue weighted by atomic mass is 35.5. The molecule has 9 nitrogen and oxygen atoms in total. The number of rotatable bonds is 8. The van der Waals surface area contributed by atoms with E-state index in [0.717, 1.165) is 31.7 Å². The summed E-state index contributed by atoms with van der Waals surface area (Å²) >= 11 is 17.9. The molecule has 0 aromatic heterocycles. The standard InChI is InChI=1S/C17H17ClFNO4.C16H14Cl2O4/c1-9(2)15-16(21)20(17(22)24-15)13-8-14(11(18)7-12(13)19)23-10-5-3-4-6-10;1-10(16(19)20-2)21-12-4-6-13(7-5-12)22-15-8-3-11(17)9-14(15)18/h7-8,10H,3-6H2,1-2H3;3-10H,1-2H3. The fourth-order valence-corrected chi connectivity index (χ4v) is 5.18. The van der Waals surface area contributed by atoms with E-state index in [1.165, 1.54) is 13.2 Å². The van der Waals surface area contributed by atoms with Gasteiger partial charge in [0.25, 0.3) is 0 Å². The van der Waals surface area contributed by atoms with Gasteiger partial charge < -0.3 is 23.7 Å². The third-order valence-electron chi connectivity index (χ3n) is 6.85. The molecule has 1 saturated carbocycles. The number of carbonyl (C=O) groups excluding carboxylic acids is 3. The van der Waals surface area contributed by atoms with Crippen LogP contribution in [0.2, 0.25) is 15.1 Å². The maximum Gasteiger partial charge on any atom is 0.427 e. The van der Waals surface area contributed by atoms with E-state index in [1.807, 2.05) is 0 Å². The summed E-state index contributed by atoms with van der Waals surface area (Å²) < 4.78 is 40.7. The van der Waals surface area contributed by atoms with Crippen LogP contribution in [-0.4, -0.2) is 37.3 Å². The lowest BCUT2D eigenvalue weighted by Gasteiger charge is -2.18. The van der Waals surface area contributed by atoms with Crippen LogP contribution in [-0.2, 0) is 19.1 Å². The first-order valence-corrected chi connectivity index (χ1v) is 15.4. The Morgan fingerprint density at radius 2 is 1.57 bits per heavy atom.